The van der Waals surface area contributed by atoms with Gasteiger partial charge in [-0.05, 0) is 34.9 Å². The highest BCUT2D eigenvalue weighted by Gasteiger charge is 2.22. The molecule has 0 aliphatic rings. The molecule has 0 saturated carbocycles. The van der Waals surface area contributed by atoms with Crippen molar-refractivity contribution >= 4 is 11.3 Å². The summed E-state index contributed by atoms with van der Waals surface area (Å²) in [5.74, 6) is 0. The fourth-order valence-electron chi connectivity index (χ4n) is 1.93. The normalized spacial score (nSPS) is 17.1. The van der Waals surface area contributed by atoms with Crippen LogP contribution in [0.2, 0.25) is 0 Å². The van der Waals surface area contributed by atoms with Crippen LogP contribution < -0.4 is 5.32 Å². The van der Waals surface area contributed by atoms with Crippen LogP contribution >= 0.6 is 11.3 Å². The molecule has 1 aromatic heterocycles. The molecule has 17 heavy (non-hydrogen) atoms. The highest BCUT2D eigenvalue weighted by atomic mass is 32.1. The summed E-state index contributed by atoms with van der Waals surface area (Å²) in [5, 5.41) is 13.5. The number of likely N-dealkylation sites (N-methyl/N-ethyl adjacent to an activating group) is 1. The van der Waals surface area contributed by atoms with Crippen molar-refractivity contribution in [1.29, 1.82) is 0 Å². The predicted molar refractivity (Wildman–Crippen MR) is 72.4 cm³/mol. The van der Waals surface area contributed by atoms with Gasteiger partial charge in [-0.15, -0.1) is 11.3 Å². The van der Waals surface area contributed by atoms with Crippen molar-refractivity contribution in [2.75, 3.05) is 27.2 Å². The van der Waals surface area contributed by atoms with Crippen LogP contribution in [-0.2, 0) is 0 Å². The summed E-state index contributed by atoms with van der Waals surface area (Å²) in [6.45, 7) is 7.19. The maximum atomic E-state index is 10.2. The van der Waals surface area contributed by atoms with E-state index in [1.165, 1.54) is 4.88 Å². The van der Waals surface area contributed by atoms with Gasteiger partial charge in [0.25, 0.3) is 0 Å². The molecule has 1 heterocycles. The van der Waals surface area contributed by atoms with Crippen molar-refractivity contribution in [3.8, 4) is 0 Å². The summed E-state index contributed by atoms with van der Waals surface area (Å²) < 4.78 is 0. The van der Waals surface area contributed by atoms with Crippen LogP contribution in [0.1, 0.15) is 30.5 Å². The Morgan fingerprint density at radius 1 is 1.59 bits per heavy atom. The molecular formula is C12H23N3OS. The van der Waals surface area contributed by atoms with Crippen molar-refractivity contribution in [2.45, 2.75) is 32.4 Å². The van der Waals surface area contributed by atoms with Crippen molar-refractivity contribution in [2.24, 2.45) is 0 Å². The fraction of sp³-hybridized carbons (Fsp3) is 0.750. The van der Waals surface area contributed by atoms with Gasteiger partial charge >= 0.3 is 0 Å². The lowest BCUT2D eigenvalue weighted by Crippen LogP contribution is -2.46. The summed E-state index contributed by atoms with van der Waals surface area (Å²) in [6.07, 6.45) is 0. The van der Waals surface area contributed by atoms with Gasteiger partial charge in [-0.3, -0.25) is 0 Å². The summed E-state index contributed by atoms with van der Waals surface area (Å²) >= 11 is 1.66. The van der Waals surface area contributed by atoms with Gasteiger partial charge in [-0.1, -0.05) is 0 Å². The summed E-state index contributed by atoms with van der Waals surface area (Å²) in [5.41, 5.74) is 2.22. The highest BCUT2D eigenvalue weighted by Crippen LogP contribution is 2.21. The minimum atomic E-state index is -0.712. The second-order valence-electron chi connectivity index (χ2n) is 5.14. The number of nitrogens with one attached hydrogen (secondary N) is 1. The highest BCUT2D eigenvalue weighted by molar-refractivity contribution is 7.09. The molecule has 4 nitrogen and oxygen atoms in total. The smallest absolute Gasteiger partial charge is 0.0869 e. The largest absolute Gasteiger partial charge is 0.388 e. The third-order valence-electron chi connectivity index (χ3n) is 2.62. The maximum absolute atomic E-state index is 10.2. The molecule has 98 valence electrons. The SMILES string of the molecule is Cc1ncsc1C(C)NCC(C)(O)CN(C)C. The molecule has 0 radical (unpaired) electrons. The minimum absolute atomic E-state index is 0.233. The van der Waals surface area contributed by atoms with E-state index < -0.39 is 5.60 Å². The average Bonchev–Trinajstić information content (AvgIpc) is 2.59. The van der Waals surface area contributed by atoms with Crippen molar-refractivity contribution in [3.05, 3.63) is 16.1 Å². The Labute approximate surface area is 108 Å². The number of aryl methyl sites for hydroxylation is 1. The van der Waals surface area contributed by atoms with E-state index >= 15 is 0 Å². The first-order chi connectivity index (χ1) is 7.82. The van der Waals surface area contributed by atoms with Crippen molar-refractivity contribution in [3.63, 3.8) is 0 Å². The quantitative estimate of drug-likeness (QED) is 0.809. The van der Waals surface area contributed by atoms with Crippen molar-refractivity contribution < 1.29 is 5.11 Å². The molecule has 0 aliphatic carbocycles. The van der Waals surface area contributed by atoms with Crippen LogP contribution in [-0.4, -0.2) is 47.8 Å². The predicted octanol–water partition coefficient (Wildman–Crippen LogP) is 1.41. The van der Waals surface area contributed by atoms with E-state index in [2.05, 4.69) is 17.2 Å². The lowest BCUT2D eigenvalue weighted by Gasteiger charge is -2.28. The first kappa shape index (κ1) is 14.6. The van der Waals surface area contributed by atoms with Crippen LogP contribution in [0.5, 0.6) is 0 Å². The first-order valence-corrected chi connectivity index (χ1v) is 6.70. The van der Waals surface area contributed by atoms with Crippen LogP contribution in [0, 0.1) is 6.92 Å². The van der Waals surface area contributed by atoms with E-state index in [-0.39, 0.29) is 6.04 Å². The minimum Gasteiger partial charge on any atom is -0.388 e. The van der Waals surface area contributed by atoms with Crippen LogP contribution in [0.4, 0.5) is 0 Å². The third kappa shape index (κ3) is 4.71. The van der Waals surface area contributed by atoms with E-state index in [1.54, 1.807) is 11.3 Å². The van der Waals surface area contributed by atoms with E-state index in [4.69, 9.17) is 0 Å². The summed E-state index contributed by atoms with van der Waals surface area (Å²) in [7, 11) is 3.93. The van der Waals surface area contributed by atoms with Gasteiger partial charge < -0.3 is 15.3 Å². The zero-order valence-electron chi connectivity index (χ0n) is 11.3. The molecule has 0 fully saturated rings. The molecule has 0 spiro atoms. The molecule has 2 atom stereocenters. The van der Waals surface area contributed by atoms with Gasteiger partial charge in [0.05, 0.1) is 16.8 Å². The lowest BCUT2D eigenvalue weighted by molar-refractivity contribution is 0.0318. The maximum Gasteiger partial charge on any atom is 0.0869 e. The standard InChI is InChI=1S/C12H23N3OS/c1-9(11-10(2)14-8-17-11)13-6-12(3,16)7-15(4)5/h8-9,13,16H,6-7H2,1-5H3. The molecule has 0 bridgehead atoms. The topological polar surface area (TPSA) is 48.4 Å². The molecule has 0 saturated heterocycles. The Bertz CT molecular complexity index is 349. The second-order valence-corrected chi connectivity index (χ2v) is 6.03. The Hall–Kier alpha value is -0.490. The third-order valence-corrected chi connectivity index (χ3v) is 3.74. The Kier molecular flexibility index (Phi) is 5.06. The zero-order chi connectivity index (χ0) is 13.1. The molecule has 0 amide bonds. The molecule has 2 N–H and O–H groups in total. The van der Waals surface area contributed by atoms with Crippen molar-refractivity contribution in [1.82, 2.24) is 15.2 Å². The molecule has 1 rings (SSSR count). The van der Waals surface area contributed by atoms with Gasteiger partial charge in [-0.2, -0.15) is 0 Å². The van der Waals surface area contributed by atoms with E-state index in [9.17, 15) is 5.11 Å². The van der Waals surface area contributed by atoms with Crippen LogP contribution in [0.15, 0.2) is 5.51 Å². The molecular weight excluding hydrogens is 234 g/mol. The number of nitrogens with zero attached hydrogens (tertiary/aromatic N) is 2. The average molecular weight is 257 g/mol. The van der Waals surface area contributed by atoms with E-state index in [0.717, 1.165) is 5.69 Å². The van der Waals surface area contributed by atoms with E-state index in [0.29, 0.717) is 13.1 Å². The number of aliphatic hydroxyl groups is 1. The van der Waals surface area contributed by atoms with Crippen LogP contribution in [0.25, 0.3) is 0 Å². The fourth-order valence-corrected chi connectivity index (χ4v) is 2.76. The zero-order valence-corrected chi connectivity index (χ0v) is 12.1. The van der Waals surface area contributed by atoms with Crippen LogP contribution in [0.3, 0.4) is 0 Å². The van der Waals surface area contributed by atoms with Gasteiger partial charge in [0.2, 0.25) is 0 Å². The molecule has 5 heteroatoms. The number of hydrogen-bond donors (Lipinski definition) is 2. The molecule has 1 aromatic rings. The van der Waals surface area contributed by atoms with E-state index in [1.807, 2.05) is 38.4 Å². The second kappa shape index (κ2) is 5.91. The lowest BCUT2D eigenvalue weighted by atomic mass is 10.1. The number of rotatable bonds is 6. The van der Waals surface area contributed by atoms with Gasteiger partial charge in [0, 0.05) is 24.0 Å². The summed E-state index contributed by atoms with van der Waals surface area (Å²) in [6, 6.07) is 0.233. The summed E-state index contributed by atoms with van der Waals surface area (Å²) in [4.78, 5) is 7.47. The monoisotopic (exact) mass is 257 g/mol. The first-order valence-electron chi connectivity index (χ1n) is 5.82. The number of thiazole rings is 1. The number of aromatic nitrogens is 1. The van der Waals surface area contributed by atoms with Gasteiger partial charge in [-0.25, -0.2) is 4.98 Å². The Morgan fingerprint density at radius 3 is 2.71 bits per heavy atom. The Balaban J connectivity index is 2.48. The molecule has 2 unspecified atom stereocenters. The Morgan fingerprint density at radius 2 is 2.24 bits per heavy atom. The van der Waals surface area contributed by atoms with Gasteiger partial charge in [0.15, 0.2) is 0 Å². The number of hydrogen-bond acceptors (Lipinski definition) is 5. The van der Waals surface area contributed by atoms with Gasteiger partial charge in [0.1, 0.15) is 0 Å². The molecule has 0 aromatic carbocycles. The molecule has 0 aliphatic heterocycles.